The Kier molecular flexibility index (Phi) is 6.05. The third-order valence-corrected chi connectivity index (χ3v) is 2.87. The highest BCUT2D eigenvalue weighted by molar-refractivity contribution is 5.94. The fraction of sp³-hybridized carbons (Fsp3) is 0.615. The van der Waals surface area contributed by atoms with Crippen molar-refractivity contribution in [2.24, 2.45) is 0 Å². The average molecular weight is 268 g/mol. The molecule has 0 radical (unpaired) electrons. The van der Waals surface area contributed by atoms with E-state index in [1.165, 1.54) is 0 Å². The molecule has 6 nitrogen and oxygen atoms in total. The normalized spacial score (nSPS) is 13.7. The van der Waals surface area contributed by atoms with Gasteiger partial charge in [0.2, 0.25) is 5.91 Å². The molecule has 6 heteroatoms. The topological polar surface area (TPSA) is 86.7 Å². The summed E-state index contributed by atoms with van der Waals surface area (Å²) in [5.41, 5.74) is 0. The van der Waals surface area contributed by atoms with Crippen LogP contribution in [0.5, 0.6) is 0 Å². The van der Waals surface area contributed by atoms with Crippen LogP contribution in [0.2, 0.25) is 0 Å². The monoisotopic (exact) mass is 268 g/mol. The molecule has 1 fully saturated rings. The summed E-state index contributed by atoms with van der Waals surface area (Å²) in [6.45, 7) is 4.02. The number of unbranched alkanes of at least 4 members (excludes halogenated alkanes) is 1. The van der Waals surface area contributed by atoms with E-state index in [-0.39, 0.29) is 30.8 Å². The Morgan fingerprint density at radius 1 is 1.26 bits per heavy atom. The number of aliphatic carboxylic acids is 1. The maximum Gasteiger partial charge on any atom is 0.324 e. The number of amides is 3. The lowest BCUT2D eigenvalue weighted by atomic mass is 10.2. The van der Waals surface area contributed by atoms with Crippen LogP contribution < -0.4 is 5.32 Å². The molecule has 0 aromatic heterocycles. The molecule has 3 amide bonds. The van der Waals surface area contributed by atoms with Crippen LogP contribution in [0.3, 0.4) is 0 Å². The van der Waals surface area contributed by atoms with Crippen LogP contribution >= 0.6 is 0 Å². The molecule has 1 aliphatic carbocycles. The SMILES string of the molecule is C=CCN(C(=O)NC(=O)CCCCC(=O)O)C1CC1. The van der Waals surface area contributed by atoms with E-state index in [9.17, 15) is 14.4 Å². The summed E-state index contributed by atoms with van der Waals surface area (Å²) in [4.78, 5) is 35.2. The number of urea groups is 1. The minimum absolute atomic E-state index is 0.0475. The van der Waals surface area contributed by atoms with E-state index in [0.29, 0.717) is 19.4 Å². The summed E-state index contributed by atoms with van der Waals surface area (Å²) in [6.07, 6.45) is 4.70. The minimum Gasteiger partial charge on any atom is -0.481 e. The Morgan fingerprint density at radius 3 is 2.42 bits per heavy atom. The molecule has 0 atom stereocenters. The molecule has 0 aromatic rings. The van der Waals surface area contributed by atoms with Gasteiger partial charge in [0.05, 0.1) is 0 Å². The van der Waals surface area contributed by atoms with Crippen LogP contribution in [-0.2, 0) is 9.59 Å². The Morgan fingerprint density at radius 2 is 1.89 bits per heavy atom. The molecule has 0 spiro atoms. The largest absolute Gasteiger partial charge is 0.481 e. The van der Waals surface area contributed by atoms with Crippen molar-refractivity contribution in [3.05, 3.63) is 12.7 Å². The molecule has 1 rings (SSSR count). The summed E-state index contributed by atoms with van der Waals surface area (Å²) in [6, 6.07) is -0.163. The summed E-state index contributed by atoms with van der Waals surface area (Å²) in [5, 5.41) is 10.8. The Labute approximate surface area is 112 Å². The highest BCUT2D eigenvalue weighted by atomic mass is 16.4. The third-order valence-electron chi connectivity index (χ3n) is 2.87. The van der Waals surface area contributed by atoms with Crippen molar-refractivity contribution in [1.29, 1.82) is 0 Å². The molecule has 0 heterocycles. The van der Waals surface area contributed by atoms with Gasteiger partial charge in [-0.3, -0.25) is 14.9 Å². The van der Waals surface area contributed by atoms with E-state index < -0.39 is 5.97 Å². The fourth-order valence-corrected chi connectivity index (χ4v) is 1.74. The third kappa shape index (κ3) is 6.03. The minimum atomic E-state index is -0.873. The van der Waals surface area contributed by atoms with Gasteiger partial charge >= 0.3 is 12.0 Å². The second-order valence-corrected chi connectivity index (χ2v) is 4.63. The highest BCUT2D eigenvalue weighted by Crippen LogP contribution is 2.26. The molecule has 2 N–H and O–H groups in total. The zero-order valence-electron chi connectivity index (χ0n) is 10.9. The molecule has 106 valence electrons. The Bertz CT molecular complexity index is 364. The number of rotatable bonds is 8. The van der Waals surface area contributed by atoms with Crippen LogP contribution in [0.25, 0.3) is 0 Å². The van der Waals surface area contributed by atoms with E-state index in [0.717, 1.165) is 12.8 Å². The highest BCUT2D eigenvalue weighted by Gasteiger charge is 2.32. The number of hydrogen-bond donors (Lipinski definition) is 2. The fourth-order valence-electron chi connectivity index (χ4n) is 1.74. The second kappa shape index (κ2) is 7.56. The predicted octanol–water partition coefficient (Wildman–Crippen LogP) is 1.52. The smallest absolute Gasteiger partial charge is 0.324 e. The number of carboxylic acids is 1. The average Bonchev–Trinajstić information content (AvgIpc) is 3.15. The number of carbonyl (C=O) groups excluding carboxylic acids is 2. The van der Waals surface area contributed by atoms with Gasteiger partial charge in [0.15, 0.2) is 0 Å². The van der Waals surface area contributed by atoms with E-state index in [4.69, 9.17) is 5.11 Å². The summed E-state index contributed by atoms with van der Waals surface area (Å²) < 4.78 is 0. The molecule has 0 saturated heterocycles. The van der Waals surface area contributed by atoms with Gasteiger partial charge in [-0.1, -0.05) is 6.08 Å². The van der Waals surface area contributed by atoms with Crippen molar-refractivity contribution in [2.45, 2.75) is 44.6 Å². The van der Waals surface area contributed by atoms with Gasteiger partial charge in [0.1, 0.15) is 0 Å². The Balaban J connectivity index is 2.24. The van der Waals surface area contributed by atoms with Crippen molar-refractivity contribution in [2.75, 3.05) is 6.54 Å². The molecule has 1 saturated carbocycles. The lowest BCUT2D eigenvalue weighted by Crippen LogP contribution is -2.44. The number of nitrogens with zero attached hydrogens (tertiary/aromatic N) is 1. The number of hydrogen-bond acceptors (Lipinski definition) is 3. The summed E-state index contributed by atoms with van der Waals surface area (Å²) >= 11 is 0. The molecular weight excluding hydrogens is 248 g/mol. The van der Waals surface area contributed by atoms with Gasteiger partial charge in [-0.15, -0.1) is 6.58 Å². The quantitative estimate of drug-likeness (QED) is 0.516. The van der Waals surface area contributed by atoms with Crippen molar-refractivity contribution < 1.29 is 19.5 Å². The van der Waals surface area contributed by atoms with Crippen LogP contribution in [0, 0.1) is 0 Å². The molecule has 19 heavy (non-hydrogen) atoms. The number of carbonyl (C=O) groups is 3. The first-order valence-corrected chi connectivity index (χ1v) is 6.47. The number of nitrogens with one attached hydrogen (secondary N) is 1. The van der Waals surface area contributed by atoms with Crippen LogP contribution in [0.4, 0.5) is 4.79 Å². The van der Waals surface area contributed by atoms with Gasteiger partial charge in [-0.2, -0.15) is 0 Å². The van der Waals surface area contributed by atoms with Gasteiger partial charge < -0.3 is 10.0 Å². The molecule has 0 bridgehead atoms. The van der Waals surface area contributed by atoms with E-state index in [1.807, 2.05) is 0 Å². The standard InChI is InChI=1S/C13H20N2O4/c1-2-9-15(10-7-8-10)13(19)14-11(16)5-3-4-6-12(17)18/h2,10H,1,3-9H2,(H,17,18)(H,14,16,19). The van der Waals surface area contributed by atoms with Crippen LogP contribution in [0.1, 0.15) is 38.5 Å². The molecule has 0 unspecified atom stereocenters. The van der Waals surface area contributed by atoms with E-state index in [2.05, 4.69) is 11.9 Å². The van der Waals surface area contributed by atoms with Crippen LogP contribution in [0.15, 0.2) is 12.7 Å². The van der Waals surface area contributed by atoms with Gasteiger partial charge in [0.25, 0.3) is 0 Å². The zero-order valence-corrected chi connectivity index (χ0v) is 10.9. The lowest BCUT2D eigenvalue weighted by Gasteiger charge is -2.20. The molecule has 0 aliphatic heterocycles. The summed E-state index contributed by atoms with van der Waals surface area (Å²) in [5.74, 6) is -1.23. The van der Waals surface area contributed by atoms with Crippen molar-refractivity contribution >= 4 is 17.9 Å². The van der Waals surface area contributed by atoms with Crippen molar-refractivity contribution in [3.63, 3.8) is 0 Å². The van der Waals surface area contributed by atoms with Crippen LogP contribution in [-0.4, -0.2) is 40.5 Å². The summed E-state index contributed by atoms with van der Waals surface area (Å²) in [7, 11) is 0. The van der Waals surface area contributed by atoms with E-state index in [1.54, 1.807) is 11.0 Å². The van der Waals surface area contributed by atoms with Gasteiger partial charge in [0, 0.05) is 25.4 Å². The molecule has 0 aromatic carbocycles. The first-order valence-electron chi connectivity index (χ1n) is 6.47. The maximum absolute atomic E-state index is 11.8. The van der Waals surface area contributed by atoms with Crippen molar-refractivity contribution in [3.8, 4) is 0 Å². The number of imide groups is 1. The maximum atomic E-state index is 11.8. The second-order valence-electron chi connectivity index (χ2n) is 4.63. The predicted molar refractivity (Wildman–Crippen MR) is 69.6 cm³/mol. The zero-order chi connectivity index (χ0) is 14.3. The first kappa shape index (κ1) is 15.2. The van der Waals surface area contributed by atoms with Gasteiger partial charge in [-0.25, -0.2) is 4.79 Å². The Hall–Kier alpha value is -1.85. The number of carboxylic acid groups (broad SMARTS) is 1. The molecule has 1 aliphatic rings. The first-order chi connectivity index (χ1) is 9.04. The lowest BCUT2D eigenvalue weighted by molar-refractivity contribution is -0.137. The molecular formula is C13H20N2O4. The van der Waals surface area contributed by atoms with Crippen molar-refractivity contribution in [1.82, 2.24) is 10.2 Å². The van der Waals surface area contributed by atoms with E-state index >= 15 is 0 Å². The van der Waals surface area contributed by atoms with Gasteiger partial charge in [-0.05, 0) is 25.7 Å².